The summed E-state index contributed by atoms with van der Waals surface area (Å²) in [5.74, 6) is 0.464. The highest BCUT2D eigenvalue weighted by Gasteiger charge is 2.28. The maximum absolute atomic E-state index is 13.6. The van der Waals surface area contributed by atoms with Crippen molar-refractivity contribution < 1.29 is 27.1 Å². The molecule has 3 rings (SSSR count). The van der Waals surface area contributed by atoms with Gasteiger partial charge in [-0.05, 0) is 61.4 Å². The van der Waals surface area contributed by atoms with Gasteiger partial charge in [-0.1, -0.05) is 6.07 Å². The SMILES string of the molecule is COc1ccc(S(=O)(=O)N(CC(=O)N/N=C/c2ccco2)c2cc(C)cc(C)c2)cc1OC. The molecule has 10 heteroatoms. The van der Waals surface area contributed by atoms with E-state index in [2.05, 4.69) is 10.5 Å². The van der Waals surface area contributed by atoms with E-state index in [1.165, 1.54) is 44.9 Å². The van der Waals surface area contributed by atoms with Crippen molar-refractivity contribution in [2.45, 2.75) is 18.7 Å². The van der Waals surface area contributed by atoms with Crippen molar-refractivity contribution in [2.24, 2.45) is 5.10 Å². The van der Waals surface area contributed by atoms with E-state index in [1.54, 1.807) is 24.3 Å². The van der Waals surface area contributed by atoms with Crippen molar-refractivity contribution in [2.75, 3.05) is 25.1 Å². The Kier molecular flexibility index (Phi) is 7.39. The molecule has 0 saturated carbocycles. The van der Waals surface area contributed by atoms with Crippen molar-refractivity contribution >= 4 is 27.8 Å². The fraction of sp³-hybridized carbons (Fsp3) is 0.217. The number of amides is 1. The first-order chi connectivity index (χ1) is 15.7. The highest BCUT2D eigenvalue weighted by molar-refractivity contribution is 7.92. The zero-order valence-electron chi connectivity index (χ0n) is 18.7. The molecule has 0 aliphatic heterocycles. The van der Waals surface area contributed by atoms with Gasteiger partial charge in [-0.25, -0.2) is 13.8 Å². The highest BCUT2D eigenvalue weighted by Crippen LogP contribution is 2.32. The summed E-state index contributed by atoms with van der Waals surface area (Å²) in [6.45, 7) is 3.21. The predicted molar refractivity (Wildman–Crippen MR) is 124 cm³/mol. The van der Waals surface area contributed by atoms with E-state index in [0.29, 0.717) is 17.2 Å². The number of ether oxygens (including phenoxy) is 2. The number of sulfonamides is 1. The maximum Gasteiger partial charge on any atom is 0.264 e. The molecule has 1 N–H and O–H groups in total. The van der Waals surface area contributed by atoms with E-state index >= 15 is 0 Å². The van der Waals surface area contributed by atoms with Crippen molar-refractivity contribution in [3.05, 3.63) is 71.7 Å². The number of methoxy groups -OCH3 is 2. The summed E-state index contributed by atoms with van der Waals surface area (Å²) >= 11 is 0. The van der Waals surface area contributed by atoms with Gasteiger partial charge in [-0.3, -0.25) is 9.10 Å². The van der Waals surface area contributed by atoms with E-state index < -0.39 is 22.5 Å². The first-order valence-corrected chi connectivity index (χ1v) is 11.4. The Bertz CT molecular complexity index is 1230. The number of nitrogens with zero attached hydrogens (tertiary/aromatic N) is 2. The standard InChI is InChI=1S/C23H25N3O6S/c1-16-10-17(2)12-18(11-16)26(15-23(27)25-24-14-19-6-5-9-32-19)33(28,29)20-7-8-21(30-3)22(13-20)31-4/h5-14H,15H2,1-4H3,(H,25,27)/b24-14+. The second-order valence-electron chi connectivity index (χ2n) is 7.18. The topological polar surface area (TPSA) is 110 Å². The number of furan rings is 1. The number of benzene rings is 2. The molecule has 3 aromatic rings. The van der Waals surface area contributed by atoms with Gasteiger partial charge in [0, 0.05) is 6.07 Å². The summed E-state index contributed by atoms with van der Waals surface area (Å²) in [5, 5.41) is 3.82. The summed E-state index contributed by atoms with van der Waals surface area (Å²) in [6.07, 6.45) is 2.79. The first kappa shape index (κ1) is 23.9. The number of hydrogen-bond donors (Lipinski definition) is 1. The summed E-state index contributed by atoms with van der Waals surface area (Å²) in [6, 6.07) is 12.9. The molecular formula is C23H25N3O6S. The number of carbonyl (C=O) groups is 1. The zero-order valence-corrected chi connectivity index (χ0v) is 19.5. The van der Waals surface area contributed by atoms with Crippen LogP contribution in [0.1, 0.15) is 16.9 Å². The molecule has 0 spiro atoms. The molecule has 0 unspecified atom stereocenters. The molecule has 33 heavy (non-hydrogen) atoms. The third-order valence-electron chi connectivity index (χ3n) is 4.65. The average Bonchev–Trinajstić information content (AvgIpc) is 3.29. The fourth-order valence-corrected chi connectivity index (χ4v) is 4.63. The second kappa shape index (κ2) is 10.2. The number of aryl methyl sites for hydroxylation is 2. The monoisotopic (exact) mass is 471 g/mol. The Balaban J connectivity index is 1.96. The van der Waals surface area contributed by atoms with Crippen LogP contribution in [0.15, 0.2) is 69.2 Å². The minimum atomic E-state index is -4.14. The van der Waals surface area contributed by atoms with Crippen LogP contribution >= 0.6 is 0 Å². The highest BCUT2D eigenvalue weighted by atomic mass is 32.2. The molecule has 2 aromatic carbocycles. The summed E-state index contributed by atoms with van der Waals surface area (Å²) in [5.41, 5.74) is 4.40. The van der Waals surface area contributed by atoms with Crippen molar-refractivity contribution in [3.63, 3.8) is 0 Å². The minimum Gasteiger partial charge on any atom is -0.493 e. The van der Waals surface area contributed by atoms with Gasteiger partial charge in [0.25, 0.3) is 15.9 Å². The van der Waals surface area contributed by atoms with Crippen LogP contribution in [-0.4, -0.2) is 41.3 Å². The lowest BCUT2D eigenvalue weighted by Gasteiger charge is -2.25. The molecular weight excluding hydrogens is 446 g/mol. The minimum absolute atomic E-state index is 0.0498. The number of hydrazone groups is 1. The largest absolute Gasteiger partial charge is 0.493 e. The lowest BCUT2D eigenvalue weighted by Crippen LogP contribution is -2.39. The van der Waals surface area contributed by atoms with Gasteiger partial charge in [0.05, 0.1) is 37.3 Å². The number of anilines is 1. The van der Waals surface area contributed by atoms with E-state index in [1.807, 2.05) is 19.9 Å². The van der Waals surface area contributed by atoms with Gasteiger partial charge in [-0.2, -0.15) is 5.10 Å². The van der Waals surface area contributed by atoms with Crippen LogP contribution in [0, 0.1) is 13.8 Å². The molecule has 0 bridgehead atoms. The molecule has 0 aliphatic rings. The van der Waals surface area contributed by atoms with Gasteiger partial charge in [0.1, 0.15) is 12.3 Å². The second-order valence-corrected chi connectivity index (χ2v) is 9.05. The molecule has 9 nitrogen and oxygen atoms in total. The zero-order chi connectivity index (χ0) is 24.0. The molecule has 0 fully saturated rings. The van der Waals surface area contributed by atoms with E-state index in [-0.39, 0.29) is 10.6 Å². The van der Waals surface area contributed by atoms with Gasteiger partial charge in [0.2, 0.25) is 0 Å². The Labute approximate surface area is 192 Å². The van der Waals surface area contributed by atoms with Crippen molar-refractivity contribution in [1.29, 1.82) is 0 Å². The molecule has 0 aliphatic carbocycles. The predicted octanol–water partition coefficient (Wildman–Crippen LogP) is 3.26. The van der Waals surface area contributed by atoms with Gasteiger partial charge < -0.3 is 13.9 Å². The third kappa shape index (κ3) is 5.72. The smallest absolute Gasteiger partial charge is 0.264 e. The lowest BCUT2D eigenvalue weighted by atomic mass is 10.1. The average molecular weight is 472 g/mol. The molecule has 0 radical (unpaired) electrons. The molecule has 0 saturated heterocycles. The number of hydrogen-bond acceptors (Lipinski definition) is 7. The molecule has 1 amide bonds. The number of rotatable bonds is 9. The van der Waals surface area contributed by atoms with E-state index in [4.69, 9.17) is 13.9 Å². The van der Waals surface area contributed by atoms with Crippen LogP contribution in [-0.2, 0) is 14.8 Å². The van der Waals surface area contributed by atoms with Crippen LogP contribution in [0.2, 0.25) is 0 Å². The Morgan fingerprint density at radius 3 is 2.36 bits per heavy atom. The maximum atomic E-state index is 13.6. The third-order valence-corrected chi connectivity index (χ3v) is 6.42. The van der Waals surface area contributed by atoms with E-state index in [0.717, 1.165) is 15.4 Å². The summed E-state index contributed by atoms with van der Waals surface area (Å²) in [7, 11) is -1.27. The Morgan fingerprint density at radius 2 is 1.76 bits per heavy atom. The first-order valence-electron chi connectivity index (χ1n) is 9.93. The van der Waals surface area contributed by atoms with Crippen LogP contribution in [0.3, 0.4) is 0 Å². The Morgan fingerprint density at radius 1 is 1.06 bits per heavy atom. The molecule has 1 heterocycles. The van der Waals surface area contributed by atoms with Gasteiger partial charge >= 0.3 is 0 Å². The molecule has 1 aromatic heterocycles. The normalized spacial score (nSPS) is 11.4. The van der Waals surface area contributed by atoms with Crippen LogP contribution < -0.4 is 19.2 Å². The van der Waals surface area contributed by atoms with Crippen molar-refractivity contribution in [1.82, 2.24) is 5.43 Å². The number of carbonyl (C=O) groups excluding carboxylic acids is 1. The van der Waals surface area contributed by atoms with Gasteiger partial charge in [0.15, 0.2) is 11.5 Å². The van der Waals surface area contributed by atoms with Crippen LogP contribution in [0.5, 0.6) is 11.5 Å². The summed E-state index contributed by atoms with van der Waals surface area (Å²) in [4.78, 5) is 12.6. The Hall–Kier alpha value is -3.79. The van der Waals surface area contributed by atoms with Gasteiger partial charge in [-0.15, -0.1) is 0 Å². The molecule has 174 valence electrons. The van der Waals surface area contributed by atoms with E-state index in [9.17, 15) is 13.2 Å². The van der Waals surface area contributed by atoms with Crippen LogP contribution in [0.4, 0.5) is 5.69 Å². The van der Waals surface area contributed by atoms with Crippen molar-refractivity contribution in [3.8, 4) is 11.5 Å². The quantitative estimate of drug-likeness (QED) is 0.379. The number of nitrogens with one attached hydrogen (secondary N) is 1. The molecule has 0 atom stereocenters. The fourth-order valence-electron chi connectivity index (χ4n) is 3.21. The van der Waals surface area contributed by atoms with Crippen LogP contribution in [0.25, 0.3) is 0 Å². The summed E-state index contributed by atoms with van der Waals surface area (Å²) < 4.78 is 43.8. The lowest BCUT2D eigenvalue weighted by molar-refractivity contribution is -0.119.